The van der Waals surface area contributed by atoms with Gasteiger partial charge in [-0.05, 0) is 37.4 Å². The zero-order valence-corrected chi connectivity index (χ0v) is 26.5. The number of anilines is 2. The van der Waals surface area contributed by atoms with Crippen LogP contribution in [0.15, 0.2) is 24.3 Å². The number of alkyl halides is 2. The lowest BCUT2D eigenvalue weighted by Crippen LogP contribution is -2.43. The Morgan fingerprint density at radius 1 is 1.30 bits per heavy atom. The minimum absolute atomic E-state index is 0.0224. The number of hydrogen-bond donors (Lipinski definition) is 1. The minimum Gasteiger partial charge on any atom is -0.488 e. The number of terminal acetylenes is 1. The molecule has 0 radical (unpaired) electrons. The Bertz CT molecular complexity index is 2060. The largest absolute Gasteiger partial charge is 0.488 e. The molecule has 2 aromatic carbocycles. The van der Waals surface area contributed by atoms with E-state index in [1.165, 1.54) is 11.0 Å². The maximum absolute atomic E-state index is 17.1. The molecule has 8 nitrogen and oxygen atoms in total. The highest BCUT2D eigenvalue weighted by molar-refractivity contribution is 7.23. The van der Waals surface area contributed by atoms with Gasteiger partial charge >= 0.3 is 6.01 Å². The number of nitrogens with zero attached hydrogens (tertiary/aromatic N) is 5. The zero-order valence-electron chi connectivity index (χ0n) is 24.9. The van der Waals surface area contributed by atoms with Crippen LogP contribution in [-0.4, -0.2) is 65.7 Å². The third-order valence-corrected chi connectivity index (χ3v) is 10.5. The van der Waals surface area contributed by atoms with Crippen molar-refractivity contribution in [1.82, 2.24) is 14.9 Å². The summed E-state index contributed by atoms with van der Waals surface area (Å²) >= 11 is 7.77. The van der Waals surface area contributed by atoms with Gasteiger partial charge in [-0.25, -0.2) is 17.6 Å². The van der Waals surface area contributed by atoms with Crippen LogP contribution in [-0.2, 0) is 0 Å². The molecule has 2 fully saturated rings. The molecule has 7 rings (SSSR count). The van der Waals surface area contributed by atoms with Crippen LogP contribution in [0.5, 0.6) is 11.8 Å². The first-order chi connectivity index (χ1) is 22.6. The third-order valence-electron chi connectivity index (χ3n) is 9.16. The van der Waals surface area contributed by atoms with Crippen LogP contribution in [0.2, 0.25) is 5.02 Å². The van der Waals surface area contributed by atoms with Crippen molar-refractivity contribution in [2.45, 2.75) is 43.7 Å². The fraction of sp³-hybridized carbons (Fsp3) is 0.364. The molecule has 3 aliphatic rings. The summed E-state index contributed by atoms with van der Waals surface area (Å²) in [5.74, 6) is 0.986. The van der Waals surface area contributed by atoms with Crippen molar-refractivity contribution < 1.29 is 27.0 Å². The molecule has 0 aliphatic carbocycles. The van der Waals surface area contributed by atoms with E-state index in [1.54, 1.807) is 0 Å². The van der Waals surface area contributed by atoms with Crippen LogP contribution < -0.4 is 20.1 Å². The van der Waals surface area contributed by atoms with Crippen LogP contribution in [0.4, 0.5) is 28.4 Å². The highest BCUT2D eigenvalue weighted by Crippen LogP contribution is 2.51. The quantitative estimate of drug-likeness (QED) is 0.127. The molecule has 1 unspecified atom stereocenters. The van der Waals surface area contributed by atoms with Crippen LogP contribution in [0, 0.1) is 35.3 Å². The molecule has 2 aromatic heterocycles. The van der Waals surface area contributed by atoms with Gasteiger partial charge in [0.1, 0.15) is 47.5 Å². The molecule has 2 saturated heterocycles. The predicted molar refractivity (Wildman–Crippen MR) is 173 cm³/mol. The lowest BCUT2D eigenvalue weighted by atomic mass is 9.94. The van der Waals surface area contributed by atoms with Gasteiger partial charge in [0.2, 0.25) is 6.43 Å². The first kappa shape index (κ1) is 31.3. The second-order valence-electron chi connectivity index (χ2n) is 12.0. The standard InChI is InChI=1S/C33H27ClF4N6O2S/c1-3-17-14-45-28-24-27(26(38)23(25(28)34)18-5-6-20(35)29-22(18)19(12-39)30(40)47-29)41-32(42-31(24)44(17)10-7-21(36)37)46-15-33-8-4-9-43(33)13-16(2)11-33/h1,5-6,17,21H,2,4,7-11,13-15,40H2/t17?,33-/m0/s1. The SMILES string of the molecule is C#CC1COc2c(Cl)c(-c3ccc(F)c4sc(N)c(C#N)c34)c(F)c3nc(OC[C@@]45CCCN4CC(=C)C5)nc(c23)N1CCC(F)F. The van der Waals surface area contributed by atoms with Gasteiger partial charge < -0.3 is 20.1 Å². The van der Waals surface area contributed by atoms with Crippen molar-refractivity contribution in [3.05, 3.63) is 46.5 Å². The lowest BCUT2D eigenvalue weighted by molar-refractivity contribution is 0.108. The molecular weight excluding hydrogens is 656 g/mol. The number of thiophene rings is 1. The Morgan fingerprint density at radius 3 is 2.85 bits per heavy atom. The van der Waals surface area contributed by atoms with E-state index in [4.69, 9.17) is 33.2 Å². The molecule has 0 saturated carbocycles. The highest BCUT2D eigenvalue weighted by atomic mass is 35.5. The summed E-state index contributed by atoms with van der Waals surface area (Å²) in [6, 6.07) is 3.36. The summed E-state index contributed by atoms with van der Waals surface area (Å²) in [5, 5.41) is 9.83. The molecule has 0 amide bonds. The van der Waals surface area contributed by atoms with Gasteiger partial charge in [-0.1, -0.05) is 35.7 Å². The van der Waals surface area contributed by atoms with E-state index in [9.17, 15) is 18.4 Å². The van der Waals surface area contributed by atoms with Crippen molar-refractivity contribution in [3.8, 4) is 41.3 Å². The zero-order chi connectivity index (χ0) is 33.2. The summed E-state index contributed by atoms with van der Waals surface area (Å²) in [6.07, 6.45) is 5.22. The molecular formula is C33H27ClF4N6O2S. The summed E-state index contributed by atoms with van der Waals surface area (Å²) in [6.45, 7) is 5.56. The summed E-state index contributed by atoms with van der Waals surface area (Å²) < 4.78 is 71.4. The molecule has 5 heterocycles. The minimum atomic E-state index is -2.65. The Labute approximate surface area is 276 Å². The number of halogens is 5. The molecule has 2 N–H and O–H groups in total. The maximum atomic E-state index is 17.1. The van der Waals surface area contributed by atoms with Gasteiger partial charge in [0.15, 0.2) is 11.6 Å². The Morgan fingerprint density at radius 2 is 2.11 bits per heavy atom. The number of nitrogens with two attached hydrogens (primary N) is 1. The molecule has 4 aromatic rings. The van der Waals surface area contributed by atoms with Crippen molar-refractivity contribution >= 4 is 54.7 Å². The average Bonchev–Trinajstić information content (AvgIpc) is 3.65. The van der Waals surface area contributed by atoms with Gasteiger partial charge in [0.05, 0.1) is 26.2 Å². The topological polar surface area (TPSA) is 101 Å². The number of fused-ring (bicyclic) bond motifs is 2. The van der Waals surface area contributed by atoms with E-state index in [0.29, 0.717) is 0 Å². The lowest BCUT2D eigenvalue weighted by Gasteiger charge is -2.31. The summed E-state index contributed by atoms with van der Waals surface area (Å²) in [4.78, 5) is 12.9. The van der Waals surface area contributed by atoms with E-state index in [0.717, 1.165) is 55.3 Å². The van der Waals surface area contributed by atoms with Crippen molar-refractivity contribution in [2.24, 2.45) is 0 Å². The second-order valence-corrected chi connectivity index (χ2v) is 13.4. The van der Waals surface area contributed by atoms with E-state index in [2.05, 4.69) is 27.4 Å². The van der Waals surface area contributed by atoms with E-state index in [-0.39, 0.29) is 90.6 Å². The highest BCUT2D eigenvalue weighted by Gasteiger charge is 2.46. The van der Waals surface area contributed by atoms with Gasteiger partial charge in [0.25, 0.3) is 0 Å². The van der Waals surface area contributed by atoms with Crippen molar-refractivity contribution in [1.29, 1.82) is 5.26 Å². The fourth-order valence-corrected chi connectivity index (χ4v) is 8.35. The number of hydrogen-bond acceptors (Lipinski definition) is 9. The maximum Gasteiger partial charge on any atom is 0.319 e. The molecule has 0 spiro atoms. The predicted octanol–water partition coefficient (Wildman–Crippen LogP) is 6.93. The van der Waals surface area contributed by atoms with Crippen LogP contribution in [0.1, 0.15) is 31.2 Å². The number of nitrogen functional groups attached to an aromatic ring is 1. The smallest absolute Gasteiger partial charge is 0.319 e. The number of ether oxygens (including phenoxy) is 2. The van der Waals surface area contributed by atoms with Gasteiger partial charge in [-0.15, -0.1) is 17.8 Å². The fourth-order valence-electron chi connectivity index (χ4n) is 7.07. The van der Waals surface area contributed by atoms with E-state index < -0.39 is 30.5 Å². The second kappa shape index (κ2) is 11.7. The summed E-state index contributed by atoms with van der Waals surface area (Å²) in [5.41, 5.74) is 6.40. The normalized spacial score (nSPS) is 20.8. The molecule has 3 aliphatic heterocycles. The first-order valence-electron chi connectivity index (χ1n) is 14.9. The van der Waals surface area contributed by atoms with Crippen LogP contribution >= 0.6 is 22.9 Å². The van der Waals surface area contributed by atoms with E-state index >= 15 is 4.39 Å². The van der Waals surface area contributed by atoms with Crippen molar-refractivity contribution in [3.63, 3.8) is 0 Å². The summed E-state index contributed by atoms with van der Waals surface area (Å²) in [7, 11) is 0. The molecule has 2 atom stereocenters. The van der Waals surface area contributed by atoms with Crippen LogP contribution in [0.25, 0.3) is 32.1 Å². The molecule has 0 bridgehead atoms. The molecule has 47 heavy (non-hydrogen) atoms. The third kappa shape index (κ3) is 5.00. The number of benzene rings is 2. The van der Waals surface area contributed by atoms with Gasteiger partial charge in [0, 0.05) is 30.5 Å². The van der Waals surface area contributed by atoms with Crippen molar-refractivity contribution in [2.75, 3.05) is 43.5 Å². The Balaban J connectivity index is 1.47. The average molecular weight is 683 g/mol. The first-order valence-corrected chi connectivity index (χ1v) is 16.1. The number of nitriles is 1. The molecule has 242 valence electrons. The number of aromatic nitrogens is 2. The Hall–Kier alpha value is -4.30. The van der Waals surface area contributed by atoms with Gasteiger partial charge in [-0.2, -0.15) is 15.2 Å². The molecule has 14 heteroatoms. The monoisotopic (exact) mass is 682 g/mol. The number of rotatable bonds is 7. The van der Waals surface area contributed by atoms with Crippen LogP contribution in [0.3, 0.4) is 0 Å². The Kier molecular flexibility index (Phi) is 7.82. The van der Waals surface area contributed by atoms with Gasteiger partial charge in [-0.3, -0.25) is 4.90 Å². The van der Waals surface area contributed by atoms with E-state index in [1.807, 2.05) is 6.07 Å².